The molecular weight excluding hydrogens is 302 g/mol. The van der Waals surface area contributed by atoms with Gasteiger partial charge >= 0.3 is 0 Å². The molecule has 6 nitrogen and oxygen atoms in total. The second kappa shape index (κ2) is 6.10. The molecule has 0 saturated carbocycles. The highest BCUT2D eigenvalue weighted by Crippen LogP contribution is 2.44. The van der Waals surface area contributed by atoms with E-state index in [1.54, 1.807) is 11.8 Å². The van der Waals surface area contributed by atoms with E-state index in [1.807, 2.05) is 13.8 Å². The normalized spacial score (nSPS) is 32.5. The number of hydrogen-bond acceptors (Lipinski definition) is 5. The molecule has 4 atom stereocenters. The zero-order valence-electron chi connectivity index (χ0n) is 12.8. The van der Waals surface area contributed by atoms with Crippen LogP contribution in [0.3, 0.4) is 0 Å². The van der Waals surface area contributed by atoms with Crippen LogP contribution in [0.5, 0.6) is 0 Å². The predicted octanol–water partition coefficient (Wildman–Crippen LogP) is 3.64. The lowest BCUT2D eigenvalue weighted by molar-refractivity contribution is -0.177. The third-order valence-electron chi connectivity index (χ3n) is 3.71. The summed E-state index contributed by atoms with van der Waals surface area (Å²) >= 11 is 1.61. The standard InChI is InChI=1S/C15H19N3O3S/c1-9-4-6-10(7-5-9)22-14-13-12(20-15(2,3)21-13)11(19-14)8-17-18-16/h4-7,11-14H,8H2,1-3H3/t11-,12-,13-,14+/m1/s1. The Morgan fingerprint density at radius 1 is 1.23 bits per heavy atom. The van der Waals surface area contributed by atoms with Gasteiger partial charge in [0.1, 0.15) is 17.6 Å². The van der Waals surface area contributed by atoms with Crippen molar-refractivity contribution < 1.29 is 14.2 Å². The average Bonchev–Trinajstić information content (AvgIpc) is 2.94. The molecule has 7 heteroatoms. The number of rotatable bonds is 4. The number of hydrogen-bond donors (Lipinski definition) is 0. The third-order valence-corrected chi connectivity index (χ3v) is 4.86. The van der Waals surface area contributed by atoms with Gasteiger partial charge in [-0.15, -0.1) is 0 Å². The molecule has 2 fully saturated rings. The Bertz CT molecular complexity index is 586. The van der Waals surface area contributed by atoms with E-state index in [4.69, 9.17) is 19.7 Å². The zero-order valence-corrected chi connectivity index (χ0v) is 13.6. The van der Waals surface area contributed by atoms with Crippen LogP contribution < -0.4 is 0 Å². The van der Waals surface area contributed by atoms with Crippen molar-refractivity contribution in [2.75, 3.05) is 6.54 Å². The first kappa shape index (κ1) is 15.6. The van der Waals surface area contributed by atoms with Gasteiger partial charge in [-0.3, -0.25) is 0 Å². The number of ether oxygens (including phenoxy) is 3. The van der Waals surface area contributed by atoms with Crippen molar-refractivity contribution in [2.24, 2.45) is 5.11 Å². The summed E-state index contributed by atoms with van der Waals surface area (Å²) in [6.45, 7) is 6.10. The molecule has 2 saturated heterocycles. The first-order valence-electron chi connectivity index (χ1n) is 7.24. The van der Waals surface area contributed by atoms with Crippen LogP contribution in [0.15, 0.2) is 34.3 Å². The van der Waals surface area contributed by atoms with Gasteiger partial charge in [0.25, 0.3) is 0 Å². The molecule has 0 unspecified atom stereocenters. The SMILES string of the molecule is Cc1ccc(S[C@@H]2O[C@H](CN=[N+]=[N-])[C@H]3OC(C)(C)O[C@H]32)cc1. The zero-order chi connectivity index (χ0) is 15.7. The van der Waals surface area contributed by atoms with Gasteiger partial charge in [0.05, 0.1) is 12.6 Å². The summed E-state index contributed by atoms with van der Waals surface area (Å²) in [5.74, 6) is -0.639. The summed E-state index contributed by atoms with van der Waals surface area (Å²) in [5.41, 5.74) is 9.57. The van der Waals surface area contributed by atoms with Crippen LogP contribution in [0.2, 0.25) is 0 Å². The van der Waals surface area contributed by atoms with Gasteiger partial charge in [-0.2, -0.15) is 0 Å². The highest BCUT2D eigenvalue weighted by atomic mass is 32.2. The molecule has 22 heavy (non-hydrogen) atoms. The van der Waals surface area contributed by atoms with Crippen molar-refractivity contribution in [3.63, 3.8) is 0 Å². The number of benzene rings is 1. The van der Waals surface area contributed by atoms with Gasteiger partial charge in [0, 0.05) is 9.81 Å². The molecule has 118 valence electrons. The largest absolute Gasteiger partial charge is 0.358 e. The highest BCUT2D eigenvalue weighted by molar-refractivity contribution is 7.99. The molecule has 1 aromatic rings. The average molecular weight is 321 g/mol. The maximum absolute atomic E-state index is 8.52. The molecule has 0 aromatic heterocycles. The van der Waals surface area contributed by atoms with Crippen molar-refractivity contribution in [3.05, 3.63) is 40.3 Å². The first-order valence-corrected chi connectivity index (χ1v) is 8.12. The van der Waals surface area contributed by atoms with E-state index < -0.39 is 5.79 Å². The van der Waals surface area contributed by atoms with E-state index in [9.17, 15) is 0 Å². The van der Waals surface area contributed by atoms with Crippen molar-refractivity contribution in [2.45, 2.75) is 55.2 Å². The lowest BCUT2D eigenvalue weighted by atomic mass is 10.1. The molecular formula is C15H19N3O3S. The molecule has 0 spiro atoms. The summed E-state index contributed by atoms with van der Waals surface area (Å²) in [7, 11) is 0. The summed E-state index contributed by atoms with van der Waals surface area (Å²) in [6.07, 6.45) is -0.644. The van der Waals surface area contributed by atoms with Gasteiger partial charge in [-0.1, -0.05) is 34.6 Å². The minimum absolute atomic E-state index is 0.166. The molecule has 0 aliphatic carbocycles. The lowest BCUT2D eigenvalue weighted by Gasteiger charge is -2.23. The van der Waals surface area contributed by atoms with Crippen molar-refractivity contribution in [3.8, 4) is 0 Å². The summed E-state index contributed by atoms with van der Waals surface area (Å²) in [6, 6.07) is 8.28. The number of thioether (sulfide) groups is 1. The van der Waals surface area contributed by atoms with Crippen LogP contribution in [0.4, 0.5) is 0 Å². The predicted molar refractivity (Wildman–Crippen MR) is 83.5 cm³/mol. The molecule has 2 aliphatic heterocycles. The van der Waals surface area contributed by atoms with Crippen molar-refractivity contribution in [1.29, 1.82) is 0 Å². The van der Waals surface area contributed by atoms with Crippen LogP contribution in [-0.2, 0) is 14.2 Å². The molecule has 2 aliphatic rings. The van der Waals surface area contributed by atoms with Gasteiger partial charge in [0.15, 0.2) is 5.79 Å². The number of aryl methyl sites for hydroxylation is 1. The van der Waals surface area contributed by atoms with E-state index in [0.717, 1.165) is 4.90 Å². The monoisotopic (exact) mass is 321 g/mol. The Labute approximate surface area is 133 Å². The Balaban J connectivity index is 1.76. The van der Waals surface area contributed by atoms with E-state index in [2.05, 4.69) is 41.2 Å². The van der Waals surface area contributed by atoms with Gasteiger partial charge in [0.2, 0.25) is 0 Å². The smallest absolute Gasteiger partial charge is 0.164 e. The Morgan fingerprint density at radius 3 is 2.59 bits per heavy atom. The molecule has 0 radical (unpaired) electrons. The lowest BCUT2D eigenvalue weighted by Crippen LogP contribution is -2.31. The van der Waals surface area contributed by atoms with Gasteiger partial charge in [-0.25, -0.2) is 0 Å². The third kappa shape index (κ3) is 3.24. The molecule has 0 amide bonds. The molecule has 0 N–H and O–H groups in total. The number of fused-ring (bicyclic) bond motifs is 1. The summed E-state index contributed by atoms with van der Waals surface area (Å²) in [5, 5.41) is 3.63. The number of nitrogens with zero attached hydrogens (tertiary/aromatic N) is 3. The molecule has 2 heterocycles. The fourth-order valence-electron chi connectivity index (χ4n) is 2.75. The topological polar surface area (TPSA) is 76.5 Å². The second-order valence-corrected chi connectivity index (χ2v) is 7.12. The maximum Gasteiger partial charge on any atom is 0.164 e. The second-order valence-electron chi connectivity index (χ2n) is 5.95. The maximum atomic E-state index is 8.52. The number of azide groups is 1. The highest BCUT2D eigenvalue weighted by Gasteiger charge is 2.55. The van der Waals surface area contributed by atoms with Crippen LogP contribution in [0, 0.1) is 6.92 Å². The van der Waals surface area contributed by atoms with Crippen molar-refractivity contribution >= 4 is 11.8 Å². The van der Waals surface area contributed by atoms with Crippen LogP contribution in [0.25, 0.3) is 10.4 Å². The molecule has 3 rings (SSSR count). The molecule has 0 bridgehead atoms. The minimum atomic E-state index is -0.639. The molecule has 1 aromatic carbocycles. The Morgan fingerprint density at radius 2 is 1.91 bits per heavy atom. The summed E-state index contributed by atoms with van der Waals surface area (Å²) < 4.78 is 17.9. The fraction of sp³-hybridized carbons (Fsp3) is 0.600. The van der Waals surface area contributed by atoms with Gasteiger partial charge < -0.3 is 14.2 Å². The summed E-state index contributed by atoms with van der Waals surface area (Å²) in [4.78, 5) is 3.93. The Kier molecular flexibility index (Phi) is 4.34. The van der Waals surface area contributed by atoms with E-state index >= 15 is 0 Å². The quantitative estimate of drug-likeness (QED) is 0.482. The van der Waals surface area contributed by atoms with Gasteiger partial charge in [-0.05, 0) is 38.4 Å². The van der Waals surface area contributed by atoms with Crippen LogP contribution in [0.1, 0.15) is 19.4 Å². The van der Waals surface area contributed by atoms with E-state index in [1.165, 1.54) is 5.56 Å². The Hall–Kier alpha value is -1.24. The first-order chi connectivity index (χ1) is 10.5. The van der Waals surface area contributed by atoms with Crippen molar-refractivity contribution in [1.82, 2.24) is 0 Å². The van der Waals surface area contributed by atoms with Crippen LogP contribution in [-0.4, -0.2) is 36.1 Å². The fourth-order valence-corrected chi connectivity index (χ4v) is 3.86. The van der Waals surface area contributed by atoms with Crippen LogP contribution >= 0.6 is 11.8 Å². The van der Waals surface area contributed by atoms with E-state index in [-0.39, 0.29) is 30.3 Å². The minimum Gasteiger partial charge on any atom is -0.358 e. The van der Waals surface area contributed by atoms with E-state index in [0.29, 0.717) is 0 Å².